The number of benzene rings is 3. The molecule has 0 heterocycles. The number of ether oxygens (including phenoxy) is 4. The largest absolute Gasteiger partial charge is 0.506 e. The van der Waals surface area contributed by atoms with E-state index in [1.54, 1.807) is 69.2 Å². The van der Waals surface area contributed by atoms with E-state index in [4.69, 9.17) is 18.9 Å². The lowest BCUT2D eigenvalue weighted by Crippen LogP contribution is -2.28. The van der Waals surface area contributed by atoms with Gasteiger partial charge in [0.15, 0.2) is 11.5 Å². The van der Waals surface area contributed by atoms with Gasteiger partial charge in [-0.25, -0.2) is 14.4 Å². The predicted octanol–water partition coefficient (Wildman–Crippen LogP) is 7.65. The van der Waals surface area contributed by atoms with Crippen LogP contribution in [0, 0.1) is 68.2 Å². The van der Waals surface area contributed by atoms with Crippen molar-refractivity contribution in [1.82, 2.24) is 0 Å². The normalized spacial score (nSPS) is 14.0. The van der Waals surface area contributed by atoms with Crippen LogP contribution in [0.4, 0.5) is 0 Å². The molecule has 0 bridgehead atoms. The molecule has 0 fully saturated rings. The number of methoxy groups -OCH3 is 1. The van der Waals surface area contributed by atoms with Crippen LogP contribution in [0.15, 0.2) is 34.0 Å². The Morgan fingerprint density at radius 3 is 1.73 bits per heavy atom. The summed E-state index contributed by atoms with van der Waals surface area (Å²) in [5.74, 6) is -4.67. The van der Waals surface area contributed by atoms with Gasteiger partial charge in [0.25, 0.3) is 0 Å². The number of halogens is 1. The van der Waals surface area contributed by atoms with Gasteiger partial charge in [-0.3, -0.25) is 9.59 Å². The molecule has 51 heavy (non-hydrogen) atoms. The molecule has 12 heteroatoms. The highest BCUT2D eigenvalue weighted by Gasteiger charge is 2.34. The van der Waals surface area contributed by atoms with Gasteiger partial charge < -0.3 is 29.2 Å². The van der Waals surface area contributed by atoms with Crippen LogP contribution in [0.1, 0.15) is 88.1 Å². The first-order valence-electron chi connectivity index (χ1n) is 15.8. The fourth-order valence-corrected chi connectivity index (χ4v) is 6.81. The number of carbonyl (C=O) groups is 5. The number of carbonyl (C=O) groups excluding carboxylic acids is 4. The van der Waals surface area contributed by atoms with Gasteiger partial charge >= 0.3 is 23.9 Å². The fourth-order valence-electron chi connectivity index (χ4n) is 6.24. The van der Waals surface area contributed by atoms with Crippen molar-refractivity contribution in [1.29, 1.82) is 0 Å². The van der Waals surface area contributed by atoms with Crippen LogP contribution in [-0.2, 0) is 14.3 Å². The number of aryl methyl sites for hydroxylation is 1. The van der Waals surface area contributed by atoms with Crippen molar-refractivity contribution < 1.29 is 53.1 Å². The first-order valence-corrected chi connectivity index (χ1v) is 16.6. The quantitative estimate of drug-likeness (QED) is 0.171. The molecular weight excluding hydrogens is 724 g/mol. The number of carboxylic acid groups (broad SMARTS) is 1. The van der Waals surface area contributed by atoms with E-state index in [1.807, 2.05) is 0 Å². The molecule has 1 aliphatic rings. The number of phenols is 1. The molecule has 268 valence electrons. The number of rotatable bonds is 8. The Kier molecular flexibility index (Phi) is 11.0. The van der Waals surface area contributed by atoms with Gasteiger partial charge in [0.05, 0.1) is 18.2 Å². The fraction of sp³-hybridized carbons (Fsp3) is 0.308. The Bertz CT molecular complexity index is 2080. The van der Waals surface area contributed by atoms with Crippen LogP contribution in [0.5, 0.6) is 23.0 Å². The maximum Gasteiger partial charge on any atom is 0.347 e. The second-order valence-corrected chi connectivity index (χ2v) is 13.4. The molecule has 4 rings (SSSR count). The summed E-state index contributed by atoms with van der Waals surface area (Å²) in [6, 6.07) is 1.52. The lowest BCUT2D eigenvalue weighted by Gasteiger charge is -2.23. The summed E-state index contributed by atoms with van der Waals surface area (Å²) in [5, 5.41) is 20.9. The first kappa shape index (κ1) is 38.6. The molecule has 0 radical (unpaired) electrons. The standard InChI is InChI=1S/C39H39BrO11/c1-15-12-25(41)14-27(48-11)29(15)38(46)51-35-24(10)21(7)31(33(42)32(35)40)39(47)49-26-13-16(2)28(18(4)17(26)3)37(45)50-34-22(8)19(5)30(36(43)44)20(6)23(34)9/h12-14,29,42H,1-11H3,(H,43,44). The topological polar surface area (TPSA) is 163 Å². The molecule has 11 nitrogen and oxygen atoms in total. The van der Waals surface area contributed by atoms with Crippen molar-refractivity contribution in [2.24, 2.45) is 5.92 Å². The molecule has 0 saturated carbocycles. The van der Waals surface area contributed by atoms with E-state index < -0.39 is 35.5 Å². The summed E-state index contributed by atoms with van der Waals surface area (Å²) >= 11 is 3.27. The van der Waals surface area contributed by atoms with Gasteiger partial charge in [-0.15, -0.1) is 0 Å². The van der Waals surface area contributed by atoms with Gasteiger partial charge in [-0.05, 0) is 153 Å². The second-order valence-electron chi connectivity index (χ2n) is 12.6. The molecule has 2 N–H and O–H groups in total. The molecule has 3 aromatic carbocycles. The summed E-state index contributed by atoms with van der Waals surface area (Å²) in [7, 11) is 1.34. The van der Waals surface area contributed by atoms with Gasteiger partial charge in [-0.1, -0.05) is 0 Å². The minimum atomic E-state index is -1.06. The number of ketones is 1. The van der Waals surface area contributed by atoms with Gasteiger partial charge in [0, 0.05) is 6.08 Å². The van der Waals surface area contributed by atoms with Crippen LogP contribution in [-0.4, -0.2) is 47.0 Å². The SMILES string of the molecule is COC1=CC(=O)C=C(C)C1C(=O)Oc1c(C)c(C)c(C(=O)Oc2cc(C)c(C(=O)Oc3c(C)c(C)c(C(=O)O)c(C)c3C)c(C)c2C)c(O)c1Br. The molecule has 0 amide bonds. The Hall–Kier alpha value is -5.23. The third-order valence-electron chi connectivity index (χ3n) is 9.62. The smallest absolute Gasteiger partial charge is 0.347 e. The van der Waals surface area contributed by atoms with Crippen molar-refractivity contribution in [2.45, 2.75) is 69.2 Å². The average Bonchev–Trinajstić information content (AvgIpc) is 3.05. The molecule has 1 atom stereocenters. The number of phenolic OH excluding ortho intramolecular Hbond substituents is 1. The maximum absolute atomic E-state index is 13.6. The zero-order valence-corrected chi connectivity index (χ0v) is 31.8. The van der Waals surface area contributed by atoms with Crippen LogP contribution in [0.2, 0.25) is 0 Å². The predicted molar refractivity (Wildman–Crippen MR) is 191 cm³/mol. The second kappa shape index (κ2) is 14.6. The molecule has 0 aliphatic heterocycles. The Morgan fingerprint density at radius 2 is 1.18 bits per heavy atom. The van der Waals surface area contributed by atoms with Crippen molar-refractivity contribution in [2.75, 3.05) is 7.11 Å². The molecule has 1 unspecified atom stereocenters. The summed E-state index contributed by atoms with van der Waals surface area (Å²) < 4.78 is 22.6. The van der Waals surface area contributed by atoms with E-state index >= 15 is 0 Å². The van der Waals surface area contributed by atoms with E-state index in [2.05, 4.69) is 15.9 Å². The van der Waals surface area contributed by atoms with Crippen LogP contribution >= 0.6 is 15.9 Å². The van der Waals surface area contributed by atoms with E-state index in [1.165, 1.54) is 25.3 Å². The lowest BCUT2D eigenvalue weighted by atomic mass is 9.92. The van der Waals surface area contributed by atoms with E-state index in [9.17, 15) is 34.2 Å². The molecular formula is C39H39BrO11. The summed E-state index contributed by atoms with van der Waals surface area (Å²) in [4.78, 5) is 64.3. The minimum Gasteiger partial charge on any atom is -0.506 e. The highest BCUT2D eigenvalue weighted by atomic mass is 79.9. The van der Waals surface area contributed by atoms with E-state index in [-0.39, 0.29) is 55.5 Å². The monoisotopic (exact) mass is 762 g/mol. The zero-order valence-electron chi connectivity index (χ0n) is 30.3. The molecule has 3 aromatic rings. The average molecular weight is 764 g/mol. The number of carboxylic acids is 1. The Labute approximate surface area is 304 Å². The molecule has 0 aromatic heterocycles. The number of allylic oxidation sites excluding steroid dienone is 2. The van der Waals surface area contributed by atoms with E-state index in [0.29, 0.717) is 50.1 Å². The lowest BCUT2D eigenvalue weighted by molar-refractivity contribution is -0.137. The summed E-state index contributed by atoms with van der Waals surface area (Å²) in [6.45, 7) is 16.6. The highest BCUT2D eigenvalue weighted by molar-refractivity contribution is 9.10. The molecule has 1 aliphatic carbocycles. The number of aromatic carboxylic acids is 1. The Morgan fingerprint density at radius 1 is 0.667 bits per heavy atom. The van der Waals surface area contributed by atoms with Crippen LogP contribution in [0.25, 0.3) is 0 Å². The number of hydrogen-bond donors (Lipinski definition) is 2. The minimum absolute atomic E-state index is 0.0223. The van der Waals surface area contributed by atoms with E-state index in [0.717, 1.165) is 0 Å². The van der Waals surface area contributed by atoms with Crippen molar-refractivity contribution >= 4 is 45.6 Å². The number of hydrogen-bond acceptors (Lipinski definition) is 10. The van der Waals surface area contributed by atoms with Crippen molar-refractivity contribution in [3.8, 4) is 23.0 Å². The third-order valence-corrected chi connectivity index (χ3v) is 10.4. The van der Waals surface area contributed by atoms with Crippen molar-refractivity contribution in [3.63, 3.8) is 0 Å². The molecule has 0 saturated heterocycles. The summed E-state index contributed by atoms with van der Waals surface area (Å²) in [6.07, 6.45) is 2.51. The van der Waals surface area contributed by atoms with Crippen LogP contribution in [0.3, 0.4) is 0 Å². The molecule has 0 spiro atoms. The van der Waals surface area contributed by atoms with Crippen molar-refractivity contribution in [3.05, 3.63) is 101 Å². The first-order chi connectivity index (χ1) is 23.7. The number of aromatic hydroxyl groups is 1. The zero-order chi connectivity index (χ0) is 38.4. The van der Waals surface area contributed by atoms with Gasteiger partial charge in [0.2, 0.25) is 0 Å². The summed E-state index contributed by atoms with van der Waals surface area (Å²) in [5.41, 5.74) is 4.81. The van der Waals surface area contributed by atoms with Crippen LogP contribution < -0.4 is 14.2 Å². The number of esters is 3. The van der Waals surface area contributed by atoms with Gasteiger partial charge in [0.1, 0.15) is 39.0 Å². The Balaban J connectivity index is 1.65. The maximum atomic E-state index is 13.6. The van der Waals surface area contributed by atoms with Gasteiger partial charge in [-0.2, -0.15) is 0 Å². The third kappa shape index (κ3) is 6.92. The highest BCUT2D eigenvalue weighted by Crippen LogP contribution is 2.44.